The number of carbonyl (C=O) groups excluding carboxylic acids is 6. The molecule has 4 rings (SSSR count). The van der Waals surface area contributed by atoms with Gasteiger partial charge >= 0.3 is 0 Å². The van der Waals surface area contributed by atoms with Crippen molar-refractivity contribution in [2.24, 2.45) is 0 Å². The highest BCUT2D eigenvalue weighted by atomic mass is 16.2. The second kappa shape index (κ2) is 15.4. The SMILES string of the molecule is CCCN1C(=O)c2cc(C(=O)NC)cc(c2)N(CCC)C(=O)c2cc(C(=O)NC)cc(c2)N(CCC)C(=O)c2cc(C(=O)NC)cc1c2. The zero-order chi connectivity index (χ0) is 35.1. The van der Waals surface area contributed by atoms with Gasteiger partial charge in [0, 0.05) is 91.2 Å². The molecule has 0 saturated heterocycles. The Hall–Kier alpha value is -5.52. The average Bonchev–Trinajstić information content (AvgIpc) is 3.12. The molecule has 12 nitrogen and oxygen atoms in total. The van der Waals surface area contributed by atoms with Gasteiger partial charge < -0.3 is 30.7 Å². The van der Waals surface area contributed by atoms with Crippen LogP contribution in [0.4, 0.5) is 17.1 Å². The number of fused-ring (bicyclic) bond motifs is 6. The molecule has 1 aliphatic rings. The minimum Gasteiger partial charge on any atom is -0.355 e. The fourth-order valence-electron chi connectivity index (χ4n) is 5.68. The maximum absolute atomic E-state index is 14.4. The molecule has 0 fully saturated rings. The summed E-state index contributed by atoms with van der Waals surface area (Å²) in [5, 5.41) is 7.77. The van der Waals surface area contributed by atoms with Crippen molar-refractivity contribution in [3.05, 3.63) is 88.0 Å². The molecule has 0 aliphatic carbocycles. The Morgan fingerprint density at radius 2 is 0.708 bits per heavy atom. The summed E-state index contributed by atoms with van der Waals surface area (Å²) in [6, 6.07) is 13.7. The van der Waals surface area contributed by atoms with Gasteiger partial charge in [-0.1, -0.05) is 20.8 Å². The van der Waals surface area contributed by atoms with Gasteiger partial charge in [-0.05, 0) is 73.9 Å². The van der Waals surface area contributed by atoms with Gasteiger partial charge in [0.25, 0.3) is 35.4 Å². The molecule has 0 saturated carbocycles. The Morgan fingerprint density at radius 1 is 0.458 bits per heavy atom. The Balaban J connectivity index is 2.16. The van der Waals surface area contributed by atoms with E-state index in [9.17, 15) is 28.8 Å². The molecule has 0 atom stereocenters. The molecule has 1 aliphatic heterocycles. The highest BCUT2D eigenvalue weighted by Crippen LogP contribution is 2.30. The highest BCUT2D eigenvalue weighted by molar-refractivity contribution is 6.15. The van der Waals surface area contributed by atoms with E-state index in [0.29, 0.717) is 36.3 Å². The summed E-state index contributed by atoms with van der Waals surface area (Å²) in [4.78, 5) is 86.6. The first-order chi connectivity index (χ1) is 23.0. The Bertz CT molecular complexity index is 1570. The van der Waals surface area contributed by atoms with Crippen LogP contribution in [0.2, 0.25) is 0 Å². The maximum atomic E-state index is 14.4. The number of carbonyl (C=O) groups is 6. The van der Waals surface area contributed by atoms with Crippen molar-refractivity contribution in [2.45, 2.75) is 40.0 Å². The van der Waals surface area contributed by atoms with Gasteiger partial charge in [0.1, 0.15) is 0 Å². The first kappa shape index (κ1) is 35.3. The molecule has 0 aromatic heterocycles. The van der Waals surface area contributed by atoms with E-state index in [-0.39, 0.29) is 53.0 Å². The van der Waals surface area contributed by atoms with E-state index in [1.54, 1.807) is 36.4 Å². The smallest absolute Gasteiger partial charge is 0.258 e. The molecule has 0 spiro atoms. The van der Waals surface area contributed by atoms with Crippen molar-refractivity contribution in [2.75, 3.05) is 55.5 Å². The predicted octanol–water partition coefficient (Wildman–Crippen LogP) is 4.25. The molecule has 12 heteroatoms. The molecule has 0 unspecified atom stereocenters. The monoisotopic (exact) mass is 654 g/mol. The summed E-state index contributed by atoms with van der Waals surface area (Å²) in [5.41, 5.74) is 1.82. The molecule has 6 amide bonds. The van der Waals surface area contributed by atoms with Crippen LogP contribution in [0.15, 0.2) is 54.6 Å². The van der Waals surface area contributed by atoms with Gasteiger partial charge in [-0.3, -0.25) is 28.8 Å². The van der Waals surface area contributed by atoms with E-state index in [1.165, 1.54) is 54.0 Å². The zero-order valence-electron chi connectivity index (χ0n) is 28.2. The lowest BCUT2D eigenvalue weighted by Gasteiger charge is -2.26. The summed E-state index contributed by atoms with van der Waals surface area (Å²) in [6.45, 7) is 6.38. The summed E-state index contributed by atoms with van der Waals surface area (Å²) < 4.78 is 0. The molecule has 6 bridgehead atoms. The standard InChI is InChI=1S/C36H42N6O6/c1-7-10-40-28-16-22(31(43)37-4)14-26(19-28)35(47)42(12-9-3)30-18-24(33(45)39-6)15-27(21-30)36(48)41(11-8-2)29-17-23(32(44)38-5)13-25(20-29)34(40)46/h13-21H,7-12H2,1-6H3,(H,37,43)(H,38,44)(H,39,45). The van der Waals surface area contributed by atoms with Crippen LogP contribution in [0.3, 0.4) is 0 Å². The number of hydrogen-bond donors (Lipinski definition) is 3. The van der Waals surface area contributed by atoms with Crippen molar-refractivity contribution in [3.8, 4) is 0 Å². The Morgan fingerprint density at radius 3 is 0.917 bits per heavy atom. The minimum absolute atomic E-state index is 0.133. The van der Waals surface area contributed by atoms with Crippen LogP contribution >= 0.6 is 0 Å². The van der Waals surface area contributed by atoms with E-state index in [2.05, 4.69) is 16.0 Å². The third kappa shape index (κ3) is 7.22. The lowest BCUT2D eigenvalue weighted by molar-refractivity contribution is 0.0951. The fourth-order valence-corrected chi connectivity index (χ4v) is 5.68. The second-order valence-corrected chi connectivity index (χ2v) is 11.4. The Kier molecular flexibility index (Phi) is 11.3. The average molecular weight is 655 g/mol. The summed E-state index contributed by atoms with van der Waals surface area (Å²) in [5.74, 6) is -2.82. The first-order valence-corrected chi connectivity index (χ1v) is 16.1. The number of hydrogen-bond acceptors (Lipinski definition) is 6. The van der Waals surface area contributed by atoms with Gasteiger partial charge in [-0.15, -0.1) is 0 Å². The summed E-state index contributed by atoms with van der Waals surface area (Å²) in [6.07, 6.45) is 1.62. The largest absolute Gasteiger partial charge is 0.355 e. The van der Waals surface area contributed by atoms with Gasteiger partial charge in [0.05, 0.1) is 0 Å². The molecule has 0 radical (unpaired) electrons. The quantitative estimate of drug-likeness (QED) is 0.314. The van der Waals surface area contributed by atoms with E-state index in [0.717, 1.165) is 0 Å². The van der Waals surface area contributed by atoms with Gasteiger partial charge in [-0.25, -0.2) is 0 Å². The molecule has 1 heterocycles. The third-order valence-electron chi connectivity index (χ3n) is 7.97. The van der Waals surface area contributed by atoms with Crippen LogP contribution in [0.1, 0.15) is 102 Å². The van der Waals surface area contributed by atoms with Crippen LogP contribution in [-0.4, -0.2) is 76.2 Å². The van der Waals surface area contributed by atoms with Crippen LogP contribution in [0.5, 0.6) is 0 Å². The second-order valence-electron chi connectivity index (χ2n) is 11.4. The van der Waals surface area contributed by atoms with Crippen LogP contribution in [-0.2, 0) is 0 Å². The number of nitrogens with zero attached hydrogens (tertiary/aromatic N) is 3. The molecule has 3 aromatic rings. The van der Waals surface area contributed by atoms with Gasteiger partial charge in [-0.2, -0.15) is 0 Å². The Labute approximate surface area is 280 Å². The maximum Gasteiger partial charge on any atom is 0.258 e. The van der Waals surface area contributed by atoms with Crippen LogP contribution in [0, 0.1) is 0 Å². The fraction of sp³-hybridized carbons (Fsp3) is 0.333. The number of amides is 6. The van der Waals surface area contributed by atoms with Crippen molar-refractivity contribution in [1.29, 1.82) is 0 Å². The number of benzene rings is 3. The lowest BCUT2D eigenvalue weighted by Crippen LogP contribution is -2.34. The summed E-state index contributed by atoms with van der Waals surface area (Å²) >= 11 is 0. The number of anilines is 3. The third-order valence-corrected chi connectivity index (χ3v) is 7.97. The topological polar surface area (TPSA) is 148 Å². The first-order valence-electron chi connectivity index (χ1n) is 16.1. The molecule has 252 valence electrons. The van der Waals surface area contributed by atoms with E-state index in [1.807, 2.05) is 20.8 Å². The van der Waals surface area contributed by atoms with Crippen molar-refractivity contribution in [1.82, 2.24) is 16.0 Å². The normalized spacial score (nSPS) is 13.1. The van der Waals surface area contributed by atoms with Crippen LogP contribution in [0.25, 0.3) is 0 Å². The van der Waals surface area contributed by atoms with Crippen molar-refractivity contribution >= 4 is 52.5 Å². The molecular formula is C36H42N6O6. The van der Waals surface area contributed by atoms with Crippen LogP contribution < -0.4 is 30.7 Å². The summed E-state index contributed by atoms with van der Waals surface area (Å²) in [7, 11) is 4.42. The minimum atomic E-state index is -0.483. The molecule has 48 heavy (non-hydrogen) atoms. The van der Waals surface area contributed by atoms with E-state index < -0.39 is 35.4 Å². The highest BCUT2D eigenvalue weighted by Gasteiger charge is 2.29. The number of rotatable bonds is 9. The molecule has 3 aromatic carbocycles. The van der Waals surface area contributed by atoms with Crippen molar-refractivity contribution in [3.63, 3.8) is 0 Å². The van der Waals surface area contributed by atoms with E-state index >= 15 is 0 Å². The van der Waals surface area contributed by atoms with Gasteiger partial charge in [0.15, 0.2) is 0 Å². The number of nitrogens with one attached hydrogen (secondary N) is 3. The van der Waals surface area contributed by atoms with E-state index in [4.69, 9.17) is 0 Å². The molecular weight excluding hydrogens is 612 g/mol. The lowest BCUT2D eigenvalue weighted by atomic mass is 10.0. The van der Waals surface area contributed by atoms with Gasteiger partial charge in [0.2, 0.25) is 0 Å². The predicted molar refractivity (Wildman–Crippen MR) is 185 cm³/mol. The zero-order valence-corrected chi connectivity index (χ0v) is 28.2. The molecule has 3 N–H and O–H groups in total. The van der Waals surface area contributed by atoms with Crippen molar-refractivity contribution < 1.29 is 28.8 Å².